The van der Waals surface area contributed by atoms with Crippen LogP contribution in [0.1, 0.15) is 18.4 Å². The highest BCUT2D eigenvalue weighted by Crippen LogP contribution is 2.18. The van der Waals surface area contributed by atoms with Gasteiger partial charge < -0.3 is 15.0 Å². The molecule has 0 bridgehead atoms. The van der Waals surface area contributed by atoms with Crippen LogP contribution in [0.2, 0.25) is 0 Å². The molecule has 0 aromatic heterocycles. The van der Waals surface area contributed by atoms with Crippen LogP contribution in [-0.2, 0) is 20.7 Å². The van der Waals surface area contributed by atoms with Gasteiger partial charge in [0.15, 0.2) is 0 Å². The minimum absolute atomic E-state index is 0.0454. The van der Waals surface area contributed by atoms with Crippen LogP contribution in [0.5, 0.6) is 0 Å². The second-order valence-electron chi connectivity index (χ2n) is 5.61. The largest absolute Gasteiger partial charge is 0.383 e. The lowest BCUT2D eigenvalue weighted by Gasteiger charge is -2.16. The van der Waals surface area contributed by atoms with Crippen molar-refractivity contribution in [1.82, 2.24) is 10.2 Å². The molecule has 0 aliphatic carbocycles. The van der Waals surface area contributed by atoms with Crippen LogP contribution >= 0.6 is 0 Å². The van der Waals surface area contributed by atoms with E-state index in [0.717, 1.165) is 19.4 Å². The molecular formula is C17H24N2O3. The quantitative estimate of drug-likeness (QED) is 0.735. The summed E-state index contributed by atoms with van der Waals surface area (Å²) in [5.41, 5.74) is 1.28. The van der Waals surface area contributed by atoms with Gasteiger partial charge in [-0.2, -0.15) is 0 Å². The van der Waals surface area contributed by atoms with Crippen molar-refractivity contribution >= 4 is 11.8 Å². The molecule has 0 radical (unpaired) electrons. The molecule has 0 saturated carbocycles. The average molecular weight is 304 g/mol. The molecule has 5 nitrogen and oxygen atoms in total. The lowest BCUT2D eigenvalue weighted by atomic mass is 10.1. The summed E-state index contributed by atoms with van der Waals surface area (Å²) < 4.78 is 4.90. The highest BCUT2D eigenvalue weighted by molar-refractivity contribution is 5.89. The van der Waals surface area contributed by atoms with Crippen LogP contribution in [0.4, 0.5) is 0 Å². The number of nitrogens with one attached hydrogen (secondary N) is 1. The van der Waals surface area contributed by atoms with E-state index < -0.39 is 0 Å². The average Bonchev–Trinajstić information content (AvgIpc) is 2.90. The molecule has 1 unspecified atom stereocenters. The molecule has 1 aromatic carbocycles. The maximum Gasteiger partial charge on any atom is 0.225 e. The highest BCUT2D eigenvalue weighted by Gasteiger charge is 2.33. The molecule has 1 aromatic rings. The normalized spacial score (nSPS) is 17.8. The zero-order valence-corrected chi connectivity index (χ0v) is 13.1. The molecule has 2 rings (SSSR count). The minimum atomic E-state index is -0.221. The highest BCUT2D eigenvalue weighted by atomic mass is 16.5. The summed E-state index contributed by atoms with van der Waals surface area (Å²) in [6.45, 7) is 2.24. The van der Waals surface area contributed by atoms with Gasteiger partial charge in [0, 0.05) is 33.2 Å². The fourth-order valence-electron chi connectivity index (χ4n) is 2.70. The van der Waals surface area contributed by atoms with Crippen molar-refractivity contribution in [2.75, 3.05) is 33.4 Å². The Bertz CT molecular complexity index is 490. The lowest BCUT2D eigenvalue weighted by Crippen LogP contribution is -2.35. The number of nitrogens with zero attached hydrogens (tertiary/aromatic N) is 1. The molecule has 1 fully saturated rings. The summed E-state index contributed by atoms with van der Waals surface area (Å²) >= 11 is 0. The Hall–Kier alpha value is -1.88. The van der Waals surface area contributed by atoms with Crippen LogP contribution in [0.15, 0.2) is 30.3 Å². The van der Waals surface area contributed by atoms with Crippen molar-refractivity contribution in [1.29, 1.82) is 0 Å². The third kappa shape index (κ3) is 4.84. The monoisotopic (exact) mass is 304 g/mol. The van der Waals surface area contributed by atoms with Gasteiger partial charge >= 0.3 is 0 Å². The molecule has 22 heavy (non-hydrogen) atoms. The van der Waals surface area contributed by atoms with E-state index in [1.165, 1.54) is 5.56 Å². The maximum atomic E-state index is 12.0. The summed E-state index contributed by atoms with van der Waals surface area (Å²) in [5.74, 6) is -0.183. The summed E-state index contributed by atoms with van der Waals surface area (Å²) in [6, 6.07) is 10.2. The Morgan fingerprint density at radius 3 is 2.86 bits per heavy atom. The van der Waals surface area contributed by atoms with Crippen molar-refractivity contribution in [3.63, 3.8) is 0 Å². The van der Waals surface area contributed by atoms with Crippen molar-refractivity contribution < 1.29 is 14.3 Å². The Kier molecular flexibility index (Phi) is 6.40. The van der Waals surface area contributed by atoms with E-state index in [4.69, 9.17) is 4.74 Å². The summed E-state index contributed by atoms with van der Waals surface area (Å²) in [4.78, 5) is 25.8. The number of aryl methyl sites for hydroxylation is 1. The molecule has 1 aliphatic rings. The van der Waals surface area contributed by atoms with Gasteiger partial charge in [0.2, 0.25) is 11.8 Å². The molecule has 2 amide bonds. The van der Waals surface area contributed by atoms with E-state index in [9.17, 15) is 9.59 Å². The minimum Gasteiger partial charge on any atom is -0.383 e. The second kappa shape index (κ2) is 8.54. The number of likely N-dealkylation sites (tertiary alicyclic amines) is 1. The summed E-state index contributed by atoms with van der Waals surface area (Å²) in [6.07, 6.45) is 2.20. The molecule has 0 spiro atoms. The van der Waals surface area contributed by atoms with Crippen molar-refractivity contribution in [3.05, 3.63) is 35.9 Å². The van der Waals surface area contributed by atoms with E-state index in [1.807, 2.05) is 23.1 Å². The second-order valence-corrected chi connectivity index (χ2v) is 5.61. The Morgan fingerprint density at radius 1 is 1.36 bits per heavy atom. The molecule has 5 heteroatoms. The lowest BCUT2D eigenvalue weighted by molar-refractivity contribution is -0.129. The number of hydrogen-bond acceptors (Lipinski definition) is 3. The summed E-state index contributed by atoms with van der Waals surface area (Å²) in [7, 11) is 1.60. The molecule has 1 N–H and O–H groups in total. The molecular weight excluding hydrogens is 280 g/mol. The fourth-order valence-corrected chi connectivity index (χ4v) is 2.70. The first kappa shape index (κ1) is 16.5. The van der Waals surface area contributed by atoms with Crippen LogP contribution < -0.4 is 5.32 Å². The number of rotatable bonds is 8. The predicted molar refractivity (Wildman–Crippen MR) is 84.3 cm³/mol. The topological polar surface area (TPSA) is 58.6 Å². The molecule has 1 heterocycles. The number of ether oxygens (including phenoxy) is 1. The number of carbonyl (C=O) groups is 2. The third-order valence-electron chi connectivity index (χ3n) is 3.93. The number of methoxy groups -OCH3 is 1. The maximum absolute atomic E-state index is 12.0. The van der Waals surface area contributed by atoms with Gasteiger partial charge in [0.25, 0.3) is 0 Å². The van der Waals surface area contributed by atoms with Crippen molar-refractivity contribution in [2.24, 2.45) is 5.92 Å². The predicted octanol–water partition coefficient (Wildman–Crippen LogP) is 1.23. The number of amides is 2. The number of carbonyl (C=O) groups excluding carboxylic acids is 2. The third-order valence-corrected chi connectivity index (χ3v) is 3.93. The number of benzene rings is 1. The SMILES string of the molecule is COCCNC(=O)C1CC(=O)N(CCCc2ccccc2)C1. The van der Waals surface area contributed by atoms with E-state index in [2.05, 4.69) is 17.4 Å². The van der Waals surface area contributed by atoms with Gasteiger partial charge in [-0.25, -0.2) is 0 Å². The number of hydrogen-bond donors (Lipinski definition) is 1. The van der Waals surface area contributed by atoms with E-state index in [1.54, 1.807) is 7.11 Å². The standard InChI is InChI=1S/C17H24N2O3/c1-22-11-9-18-17(21)15-12-16(20)19(13-15)10-5-8-14-6-3-2-4-7-14/h2-4,6-7,15H,5,8-13H2,1H3,(H,18,21). The van der Waals surface area contributed by atoms with Gasteiger partial charge in [-0.05, 0) is 18.4 Å². The summed E-state index contributed by atoms with van der Waals surface area (Å²) in [5, 5.41) is 2.81. The first-order valence-corrected chi connectivity index (χ1v) is 7.79. The van der Waals surface area contributed by atoms with E-state index in [-0.39, 0.29) is 17.7 Å². The van der Waals surface area contributed by atoms with Crippen molar-refractivity contribution in [2.45, 2.75) is 19.3 Å². The van der Waals surface area contributed by atoms with Crippen molar-refractivity contribution in [3.8, 4) is 0 Å². The Morgan fingerprint density at radius 2 is 2.14 bits per heavy atom. The van der Waals surface area contributed by atoms with Gasteiger partial charge in [-0.1, -0.05) is 30.3 Å². The van der Waals surface area contributed by atoms with Crippen LogP contribution in [0, 0.1) is 5.92 Å². The zero-order valence-electron chi connectivity index (χ0n) is 13.1. The first-order chi connectivity index (χ1) is 10.7. The molecule has 120 valence electrons. The van der Waals surface area contributed by atoms with Gasteiger partial charge in [-0.15, -0.1) is 0 Å². The smallest absolute Gasteiger partial charge is 0.225 e. The first-order valence-electron chi connectivity index (χ1n) is 7.79. The van der Waals surface area contributed by atoms with Crippen LogP contribution in [0.25, 0.3) is 0 Å². The van der Waals surface area contributed by atoms with Gasteiger partial charge in [0.1, 0.15) is 0 Å². The Balaban J connectivity index is 1.71. The van der Waals surface area contributed by atoms with Gasteiger partial charge in [0.05, 0.1) is 12.5 Å². The molecule has 1 saturated heterocycles. The van der Waals surface area contributed by atoms with Crippen LogP contribution in [-0.4, -0.2) is 50.1 Å². The van der Waals surface area contributed by atoms with E-state index >= 15 is 0 Å². The van der Waals surface area contributed by atoms with E-state index in [0.29, 0.717) is 26.1 Å². The molecule has 1 atom stereocenters. The van der Waals surface area contributed by atoms with Crippen LogP contribution in [0.3, 0.4) is 0 Å². The zero-order chi connectivity index (χ0) is 15.8. The fraction of sp³-hybridized carbons (Fsp3) is 0.529. The molecule has 1 aliphatic heterocycles. The van der Waals surface area contributed by atoms with Gasteiger partial charge in [-0.3, -0.25) is 9.59 Å². The Labute approximate surface area is 131 Å².